The van der Waals surface area contributed by atoms with Crippen molar-refractivity contribution in [2.75, 3.05) is 37.0 Å². The molecule has 1 unspecified atom stereocenters. The Balaban J connectivity index is 2.08. The number of benzene rings is 1. The number of carbonyl (C=O) groups is 1. The van der Waals surface area contributed by atoms with Crippen LogP contribution in [0.4, 0.5) is 15.8 Å². The molecule has 1 aromatic carbocycles. The zero-order chi connectivity index (χ0) is 12.7. The van der Waals surface area contributed by atoms with Crippen LogP contribution in [0.15, 0.2) is 12.1 Å². The van der Waals surface area contributed by atoms with E-state index in [0.717, 1.165) is 18.8 Å². The van der Waals surface area contributed by atoms with Gasteiger partial charge in [0, 0.05) is 31.8 Å². The van der Waals surface area contributed by atoms with Crippen LogP contribution >= 0.6 is 0 Å². The van der Waals surface area contributed by atoms with Gasteiger partial charge in [0.05, 0.1) is 18.5 Å². The average Bonchev–Trinajstić information content (AvgIpc) is 2.38. The molecule has 18 heavy (non-hydrogen) atoms. The van der Waals surface area contributed by atoms with Gasteiger partial charge in [-0.2, -0.15) is 0 Å². The SMILES string of the molecule is COc1cc2c(cc1F)NC(=O)C1CNCCN21. The lowest BCUT2D eigenvalue weighted by molar-refractivity contribution is -0.117. The number of halogens is 1. The van der Waals surface area contributed by atoms with Gasteiger partial charge in [-0.25, -0.2) is 4.39 Å². The van der Waals surface area contributed by atoms with E-state index in [1.54, 1.807) is 6.07 Å². The molecular formula is C12H14FN3O2. The van der Waals surface area contributed by atoms with Gasteiger partial charge in [-0.15, -0.1) is 0 Å². The van der Waals surface area contributed by atoms with Crippen LogP contribution in [0.25, 0.3) is 0 Å². The largest absolute Gasteiger partial charge is 0.494 e. The van der Waals surface area contributed by atoms with Gasteiger partial charge < -0.3 is 20.3 Å². The smallest absolute Gasteiger partial charge is 0.248 e. The maximum absolute atomic E-state index is 13.6. The highest BCUT2D eigenvalue weighted by molar-refractivity contribution is 6.04. The van der Waals surface area contributed by atoms with Crippen LogP contribution in [0.5, 0.6) is 5.75 Å². The van der Waals surface area contributed by atoms with E-state index in [1.807, 2.05) is 4.90 Å². The number of hydrogen-bond acceptors (Lipinski definition) is 4. The predicted molar refractivity (Wildman–Crippen MR) is 65.6 cm³/mol. The summed E-state index contributed by atoms with van der Waals surface area (Å²) in [5.41, 5.74) is 1.33. The third kappa shape index (κ3) is 1.60. The fourth-order valence-electron chi connectivity index (χ4n) is 2.48. The van der Waals surface area contributed by atoms with Gasteiger partial charge in [0.2, 0.25) is 5.91 Å². The third-order valence-corrected chi connectivity index (χ3v) is 3.38. The number of anilines is 2. The Labute approximate surface area is 104 Å². The zero-order valence-corrected chi connectivity index (χ0v) is 10.00. The number of hydrogen-bond donors (Lipinski definition) is 2. The molecule has 1 aromatic rings. The maximum atomic E-state index is 13.6. The molecule has 1 amide bonds. The van der Waals surface area contributed by atoms with Gasteiger partial charge in [0.25, 0.3) is 0 Å². The first-order valence-electron chi connectivity index (χ1n) is 5.86. The molecule has 0 spiro atoms. The van der Waals surface area contributed by atoms with Crippen molar-refractivity contribution in [3.8, 4) is 5.75 Å². The lowest BCUT2D eigenvalue weighted by Crippen LogP contribution is -2.58. The number of piperazine rings is 1. The molecule has 0 bridgehead atoms. The number of amides is 1. The summed E-state index contributed by atoms with van der Waals surface area (Å²) in [7, 11) is 1.43. The first-order valence-corrected chi connectivity index (χ1v) is 5.86. The molecule has 1 fully saturated rings. The van der Waals surface area contributed by atoms with Crippen LogP contribution in [0, 0.1) is 5.82 Å². The van der Waals surface area contributed by atoms with E-state index in [9.17, 15) is 9.18 Å². The van der Waals surface area contributed by atoms with Crippen LogP contribution in [0.1, 0.15) is 0 Å². The maximum Gasteiger partial charge on any atom is 0.248 e. The molecule has 1 atom stereocenters. The van der Waals surface area contributed by atoms with E-state index in [1.165, 1.54) is 13.2 Å². The Kier molecular flexibility index (Phi) is 2.59. The minimum atomic E-state index is -0.467. The summed E-state index contributed by atoms with van der Waals surface area (Å²) in [6.45, 7) is 2.13. The third-order valence-electron chi connectivity index (χ3n) is 3.38. The number of ether oxygens (including phenoxy) is 1. The molecule has 0 aromatic heterocycles. The van der Waals surface area contributed by atoms with Crippen LogP contribution < -0.4 is 20.3 Å². The highest BCUT2D eigenvalue weighted by atomic mass is 19.1. The van der Waals surface area contributed by atoms with E-state index in [0.29, 0.717) is 12.2 Å². The van der Waals surface area contributed by atoms with Crippen molar-refractivity contribution < 1.29 is 13.9 Å². The number of rotatable bonds is 1. The van der Waals surface area contributed by atoms with Crippen molar-refractivity contribution in [2.45, 2.75) is 6.04 Å². The fraction of sp³-hybridized carbons (Fsp3) is 0.417. The lowest BCUT2D eigenvalue weighted by atomic mass is 10.1. The molecule has 2 N–H and O–H groups in total. The van der Waals surface area contributed by atoms with Crippen LogP contribution in [-0.2, 0) is 4.79 Å². The summed E-state index contributed by atoms with van der Waals surface area (Å²) in [5.74, 6) is -0.369. The zero-order valence-electron chi connectivity index (χ0n) is 10.00. The van der Waals surface area contributed by atoms with Gasteiger partial charge >= 0.3 is 0 Å². The first-order chi connectivity index (χ1) is 8.70. The van der Waals surface area contributed by atoms with E-state index < -0.39 is 5.82 Å². The highest BCUT2D eigenvalue weighted by Gasteiger charge is 2.35. The van der Waals surface area contributed by atoms with Crippen molar-refractivity contribution in [3.63, 3.8) is 0 Å². The van der Waals surface area contributed by atoms with Gasteiger partial charge in [-0.05, 0) is 0 Å². The monoisotopic (exact) mass is 251 g/mol. The number of nitrogens with one attached hydrogen (secondary N) is 2. The van der Waals surface area contributed by atoms with Gasteiger partial charge in [-0.3, -0.25) is 4.79 Å². The molecule has 5 nitrogen and oxygen atoms in total. The average molecular weight is 251 g/mol. The molecule has 2 heterocycles. The summed E-state index contributed by atoms with van der Waals surface area (Å²) in [4.78, 5) is 13.9. The minimum absolute atomic E-state index is 0.0979. The molecule has 1 saturated heterocycles. The van der Waals surface area contributed by atoms with Crippen molar-refractivity contribution in [2.24, 2.45) is 0 Å². The lowest BCUT2D eigenvalue weighted by Gasteiger charge is -2.41. The summed E-state index contributed by atoms with van der Waals surface area (Å²) in [5, 5.41) is 5.91. The molecule has 0 aliphatic carbocycles. The Bertz CT molecular complexity index is 506. The second-order valence-corrected chi connectivity index (χ2v) is 4.41. The molecule has 3 rings (SSSR count). The number of nitrogens with zero attached hydrogens (tertiary/aromatic N) is 1. The molecule has 0 saturated carbocycles. The molecule has 0 radical (unpaired) electrons. The van der Waals surface area contributed by atoms with Crippen LogP contribution in [-0.4, -0.2) is 38.7 Å². The Morgan fingerprint density at radius 2 is 2.33 bits per heavy atom. The molecular weight excluding hydrogens is 237 g/mol. The summed E-state index contributed by atoms with van der Waals surface area (Å²) >= 11 is 0. The van der Waals surface area contributed by atoms with Gasteiger partial charge in [-0.1, -0.05) is 0 Å². The van der Waals surface area contributed by atoms with Gasteiger partial charge in [0.1, 0.15) is 6.04 Å². The standard InChI is InChI=1S/C12H14FN3O2/c1-18-11-5-9-8(4-7(11)13)15-12(17)10-6-14-2-3-16(9)10/h4-5,10,14H,2-3,6H2,1H3,(H,15,17). The van der Waals surface area contributed by atoms with Crippen molar-refractivity contribution in [1.29, 1.82) is 0 Å². The van der Waals surface area contributed by atoms with Crippen LogP contribution in [0.3, 0.4) is 0 Å². The Hall–Kier alpha value is -1.82. The van der Waals surface area contributed by atoms with Crippen LogP contribution in [0.2, 0.25) is 0 Å². The molecule has 2 aliphatic rings. The summed E-state index contributed by atoms with van der Waals surface area (Å²) in [6, 6.07) is 2.72. The molecule has 6 heteroatoms. The molecule has 2 aliphatic heterocycles. The topological polar surface area (TPSA) is 53.6 Å². The fourth-order valence-corrected chi connectivity index (χ4v) is 2.48. The second kappa shape index (κ2) is 4.13. The van der Waals surface area contributed by atoms with Gasteiger partial charge in [0.15, 0.2) is 11.6 Å². The second-order valence-electron chi connectivity index (χ2n) is 4.41. The number of methoxy groups -OCH3 is 1. The van der Waals surface area contributed by atoms with E-state index in [2.05, 4.69) is 10.6 Å². The summed E-state index contributed by atoms with van der Waals surface area (Å²) < 4.78 is 18.6. The predicted octanol–water partition coefficient (Wildman–Crippen LogP) is 0.565. The van der Waals surface area contributed by atoms with Crippen molar-refractivity contribution >= 4 is 17.3 Å². The number of carbonyl (C=O) groups excluding carboxylic acids is 1. The Morgan fingerprint density at radius 3 is 3.11 bits per heavy atom. The molecule has 96 valence electrons. The van der Waals surface area contributed by atoms with E-state index in [4.69, 9.17) is 4.74 Å². The Morgan fingerprint density at radius 1 is 1.50 bits per heavy atom. The number of fused-ring (bicyclic) bond motifs is 3. The van der Waals surface area contributed by atoms with Crippen molar-refractivity contribution in [1.82, 2.24) is 5.32 Å². The highest BCUT2D eigenvalue weighted by Crippen LogP contribution is 2.37. The minimum Gasteiger partial charge on any atom is -0.494 e. The van der Waals surface area contributed by atoms with E-state index >= 15 is 0 Å². The first kappa shape index (κ1) is 11.3. The summed E-state index contributed by atoms with van der Waals surface area (Å²) in [6.07, 6.45) is 0. The quantitative estimate of drug-likeness (QED) is 0.766. The van der Waals surface area contributed by atoms with Crippen molar-refractivity contribution in [3.05, 3.63) is 17.9 Å². The van der Waals surface area contributed by atoms with E-state index in [-0.39, 0.29) is 17.7 Å². The normalized spacial score (nSPS) is 22.0.